The van der Waals surface area contributed by atoms with E-state index in [9.17, 15) is 0 Å². The van der Waals surface area contributed by atoms with Crippen LogP contribution in [0.1, 0.15) is 48.9 Å². The van der Waals surface area contributed by atoms with Crippen molar-refractivity contribution >= 4 is 0 Å². The third kappa shape index (κ3) is 3.18. The number of aromatic nitrogens is 2. The lowest BCUT2D eigenvalue weighted by Gasteiger charge is -2.16. The molecule has 0 aliphatic heterocycles. The maximum absolute atomic E-state index is 5.89. The summed E-state index contributed by atoms with van der Waals surface area (Å²) in [6.07, 6.45) is 2.84. The Bertz CT molecular complexity index is 493. The summed E-state index contributed by atoms with van der Waals surface area (Å²) in [5, 5.41) is 8.10. The third-order valence-corrected chi connectivity index (χ3v) is 3.71. The molecule has 2 rings (SSSR count). The van der Waals surface area contributed by atoms with Crippen molar-refractivity contribution in [3.8, 4) is 0 Å². The molecule has 0 amide bonds. The molecular weight excluding hydrogens is 234 g/mol. The second-order valence-corrected chi connectivity index (χ2v) is 4.91. The highest BCUT2D eigenvalue weighted by Crippen LogP contribution is 2.24. The number of hydrogen-bond acceptors (Lipinski definition) is 3. The van der Waals surface area contributed by atoms with Gasteiger partial charge in [0.25, 0.3) is 0 Å². The number of rotatable bonds is 5. The van der Waals surface area contributed by atoms with Gasteiger partial charge in [-0.1, -0.05) is 38.1 Å². The predicted molar refractivity (Wildman–Crippen MR) is 78.1 cm³/mol. The lowest BCUT2D eigenvalue weighted by atomic mass is 9.92. The van der Waals surface area contributed by atoms with Crippen LogP contribution < -0.4 is 5.73 Å². The van der Waals surface area contributed by atoms with E-state index >= 15 is 0 Å². The summed E-state index contributed by atoms with van der Waals surface area (Å²) in [4.78, 5) is 0. The maximum Gasteiger partial charge on any atom is 0.0718 e. The van der Waals surface area contributed by atoms with Crippen molar-refractivity contribution in [2.24, 2.45) is 5.73 Å². The lowest BCUT2D eigenvalue weighted by molar-refractivity contribution is 0.728. The zero-order valence-corrected chi connectivity index (χ0v) is 11.6. The first kappa shape index (κ1) is 13.7. The van der Waals surface area contributed by atoms with Gasteiger partial charge in [0.1, 0.15) is 0 Å². The lowest BCUT2D eigenvalue weighted by Crippen LogP contribution is -2.15. The predicted octanol–water partition coefficient (Wildman–Crippen LogP) is 3.08. The second-order valence-electron chi connectivity index (χ2n) is 4.91. The van der Waals surface area contributed by atoms with Crippen molar-refractivity contribution < 1.29 is 0 Å². The highest BCUT2D eigenvalue weighted by molar-refractivity contribution is 5.32. The molecule has 100 valence electrons. The molecule has 19 heavy (non-hydrogen) atoms. The molecule has 0 spiro atoms. The smallest absolute Gasteiger partial charge is 0.0718 e. The SMILES string of the molecule is CCC(C)c1ccc(C(CN)c2cccnn2)cc1. The normalized spacial score (nSPS) is 14.1. The quantitative estimate of drug-likeness (QED) is 0.893. The van der Waals surface area contributed by atoms with Gasteiger partial charge in [-0.3, -0.25) is 0 Å². The number of hydrogen-bond donors (Lipinski definition) is 1. The first-order chi connectivity index (χ1) is 9.26. The Hall–Kier alpha value is -1.74. The van der Waals surface area contributed by atoms with Crippen molar-refractivity contribution in [1.82, 2.24) is 10.2 Å². The van der Waals surface area contributed by atoms with Crippen LogP contribution in [0.15, 0.2) is 42.6 Å². The molecular formula is C16H21N3. The molecule has 0 radical (unpaired) electrons. The van der Waals surface area contributed by atoms with Crippen LogP contribution in [-0.4, -0.2) is 16.7 Å². The van der Waals surface area contributed by atoms with E-state index < -0.39 is 0 Å². The van der Waals surface area contributed by atoms with Gasteiger partial charge in [0.2, 0.25) is 0 Å². The molecule has 1 heterocycles. The molecule has 1 aromatic heterocycles. The highest BCUT2D eigenvalue weighted by Gasteiger charge is 2.14. The van der Waals surface area contributed by atoms with Crippen LogP contribution in [0.25, 0.3) is 0 Å². The van der Waals surface area contributed by atoms with Gasteiger partial charge >= 0.3 is 0 Å². The minimum absolute atomic E-state index is 0.125. The Kier molecular flexibility index (Phi) is 4.63. The van der Waals surface area contributed by atoms with E-state index in [0.29, 0.717) is 12.5 Å². The van der Waals surface area contributed by atoms with Crippen LogP contribution >= 0.6 is 0 Å². The fraction of sp³-hybridized carbons (Fsp3) is 0.375. The minimum Gasteiger partial charge on any atom is -0.329 e. The summed E-state index contributed by atoms with van der Waals surface area (Å²) in [5.41, 5.74) is 9.40. The van der Waals surface area contributed by atoms with Crippen LogP contribution in [-0.2, 0) is 0 Å². The number of benzene rings is 1. The standard InChI is InChI=1S/C16H21N3/c1-3-12(2)13-6-8-14(9-7-13)15(11-17)16-5-4-10-18-19-16/h4-10,12,15H,3,11,17H2,1-2H3. The van der Waals surface area contributed by atoms with E-state index in [1.54, 1.807) is 6.20 Å². The zero-order chi connectivity index (χ0) is 13.7. The van der Waals surface area contributed by atoms with Crippen molar-refractivity contribution in [2.45, 2.75) is 32.1 Å². The minimum atomic E-state index is 0.125. The van der Waals surface area contributed by atoms with E-state index in [1.165, 1.54) is 11.1 Å². The molecule has 0 aliphatic carbocycles. The van der Waals surface area contributed by atoms with Crippen LogP contribution in [0.2, 0.25) is 0 Å². The molecule has 3 nitrogen and oxygen atoms in total. The first-order valence-electron chi connectivity index (χ1n) is 6.83. The molecule has 0 bridgehead atoms. The molecule has 1 aromatic carbocycles. The fourth-order valence-corrected chi connectivity index (χ4v) is 2.22. The maximum atomic E-state index is 5.89. The van der Waals surface area contributed by atoms with Crippen molar-refractivity contribution in [3.05, 3.63) is 59.4 Å². The molecule has 0 saturated carbocycles. The number of nitrogens with zero attached hydrogens (tertiary/aromatic N) is 2. The van der Waals surface area contributed by atoms with Crippen LogP contribution in [0, 0.1) is 0 Å². The monoisotopic (exact) mass is 255 g/mol. The molecule has 2 aromatic rings. The van der Waals surface area contributed by atoms with E-state index in [1.807, 2.05) is 12.1 Å². The van der Waals surface area contributed by atoms with Gasteiger partial charge in [0.15, 0.2) is 0 Å². The van der Waals surface area contributed by atoms with Gasteiger partial charge < -0.3 is 5.73 Å². The summed E-state index contributed by atoms with van der Waals surface area (Å²) in [6, 6.07) is 12.6. The first-order valence-corrected chi connectivity index (χ1v) is 6.83. The second kappa shape index (κ2) is 6.43. The highest BCUT2D eigenvalue weighted by atomic mass is 15.1. The summed E-state index contributed by atoms with van der Waals surface area (Å²) in [6.45, 7) is 5.00. The third-order valence-electron chi connectivity index (χ3n) is 3.71. The average molecular weight is 255 g/mol. The topological polar surface area (TPSA) is 51.8 Å². The fourth-order valence-electron chi connectivity index (χ4n) is 2.22. The van der Waals surface area contributed by atoms with Gasteiger partial charge in [-0.25, -0.2) is 0 Å². The molecule has 0 saturated heterocycles. The molecule has 2 unspecified atom stereocenters. The van der Waals surface area contributed by atoms with Gasteiger partial charge in [0, 0.05) is 18.7 Å². The van der Waals surface area contributed by atoms with E-state index in [-0.39, 0.29) is 5.92 Å². The summed E-state index contributed by atoms with van der Waals surface area (Å²) in [5.74, 6) is 0.724. The molecule has 0 aliphatic rings. The van der Waals surface area contributed by atoms with Gasteiger partial charge in [0.05, 0.1) is 5.69 Å². The van der Waals surface area contributed by atoms with E-state index in [2.05, 4.69) is 48.3 Å². The molecule has 2 N–H and O–H groups in total. The zero-order valence-electron chi connectivity index (χ0n) is 11.6. The van der Waals surface area contributed by atoms with Crippen LogP contribution in [0.5, 0.6) is 0 Å². The van der Waals surface area contributed by atoms with Crippen molar-refractivity contribution in [2.75, 3.05) is 6.54 Å². The van der Waals surface area contributed by atoms with Gasteiger partial charge in [-0.2, -0.15) is 10.2 Å². The summed E-state index contributed by atoms with van der Waals surface area (Å²) in [7, 11) is 0. The van der Waals surface area contributed by atoms with Crippen LogP contribution in [0.3, 0.4) is 0 Å². The van der Waals surface area contributed by atoms with Crippen LogP contribution in [0.4, 0.5) is 0 Å². The van der Waals surface area contributed by atoms with E-state index in [4.69, 9.17) is 5.73 Å². The Balaban J connectivity index is 2.25. The Labute approximate surface area is 114 Å². The van der Waals surface area contributed by atoms with Crippen molar-refractivity contribution in [3.63, 3.8) is 0 Å². The number of nitrogens with two attached hydrogens (primary N) is 1. The Morgan fingerprint density at radius 2 is 1.79 bits per heavy atom. The largest absolute Gasteiger partial charge is 0.329 e. The molecule has 0 fully saturated rings. The Morgan fingerprint density at radius 3 is 2.32 bits per heavy atom. The average Bonchev–Trinajstić information content (AvgIpc) is 2.49. The van der Waals surface area contributed by atoms with Gasteiger partial charge in [-0.05, 0) is 35.6 Å². The molecule has 2 atom stereocenters. The van der Waals surface area contributed by atoms with Gasteiger partial charge in [-0.15, -0.1) is 0 Å². The van der Waals surface area contributed by atoms with E-state index in [0.717, 1.165) is 12.1 Å². The Morgan fingerprint density at radius 1 is 1.11 bits per heavy atom. The molecule has 3 heteroatoms. The summed E-state index contributed by atoms with van der Waals surface area (Å²) < 4.78 is 0. The summed E-state index contributed by atoms with van der Waals surface area (Å²) >= 11 is 0. The van der Waals surface area contributed by atoms with Crippen molar-refractivity contribution in [1.29, 1.82) is 0 Å².